The summed E-state index contributed by atoms with van der Waals surface area (Å²) in [4.78, 5) is 4.23. The maximum Gasteiger partial charge on any atom is 0.202 e. The number of aromatic nitrogens is 2. The van der Waals surface area contributed by atoms with Gasteiger partial charge in [-0.25, -0.2) is 4.98 Å². The highest BCUT2D eigenvalue weighted by molar-refractivity contribution is 6.17. The summed E-state index contributed by atoms with van der Waals surface area (Å²) >= 11 is 5.75. The third kappa shape index (κ3) is 2.91. The van der Waals surface area contributed by atoms with E-state index in [4.69, 9.17) is 11.6 Å². The molecule has 1 aromatic heterocycles. The summed E-state index contributed by atoms with van der Waals surface area (Å²) in [6.45, 7) is 4.38. The maximum atomic E-state index is 5.75. The number of hydrogen-bond donors (Lipinski definition) is 1. The molecule has 1 aromatic rings. The highest BCUT2D eigenvalue weighted by atomic mass is 35.5. The predicted octanol–water partition coefficient (Wildman–Crippen LogP) is 2.49. The fraction of sp³-hybridized carbons (Fsp3) is 0.700. The maximum absolute atomic E-state index is 5.75. The summed E-state index contributed by atoms with van der Waals surface area (Å²) < 4.78 is 1.98. The Balaban J connectivity index is 2.60. The second kappa shape index (κ2) is 5.25. The van der Waals surface area contributed by atoms with Crippen LogP contribution < -0.4 is 5.32 Å². The van der Waals surface area contributed by atoms with E-state index in [-0.39, 0.29) is 0 Å². The van der Waals surface area contributed by atoms with Crippen LogP contribution in [0.2, 0.25) is 0 Å². The number of nitrogens with one attached hydrogen (secondary N) is 1. The Labute approximate surface area is 90.5 Å². The molecule has 0 aliphatic carbocycles. The first-order valence-electron chi connectivity index (χ1n) is 4.95. The van der Waals surface area contributed by atoms with E-state index in [1.54, 1.807) is 6.20 Å². The van der Waals surface area contributed by atoms with Gasteiger partial charge in [-0.1, -0.05) is 13.8 Å². The molecule has 0 saturated carbocycles. The molecule has 0 bridgehead atoms. The number of aryl methyl sites for hydroxylation is 1. The molecule has 0 fully saturated rings. The number of imidazole rings is 1. The van der Waals surface area contributed by atoms with Gasteiger partial charge in [0.1, 0.15) is 0 Å². The van der Waals surface area contributed by atoms with Crippen molar-refractivity contribution in [2.75, 3.05) is 11.2 Å². The lowest BCUT2D eigenvalue weighted by molar-refractivity contribution is 0.508. The van der Waals surface area contributed by atoms with Gasteiger partial charge in [-0.05, 0) is 12.3 Å². The first-order chi connectivity index (χ1) is 6.65. The number of rotatable bonds is 5. The van der Waals surface area contributed by atoms with E-state index in [1.165, 1.54) is 0 Å². The Morgan fingerprint density at radius 1 is 1.57 bits per heavy atom. The minimum atomic E-state index is 0.397. The van der Waals surface area contributed by atoms with Gasteiger partial charge in [-0.2, -0.15) is 0 Å². The molecule has 0 aliphatic heterocycles. The zero-order chi connectivity index (χ0) is 10.6. The molecule has 14 heavy (non-hydrogen) atoms. The SMILES string of the molecule is CC(C)C(CCCl)Nc1nccn1C. The minimum Gasteiger partial charge on any atom is -0.353 e. The first-order valence-corrected chi connectivity index (χ1v) is 5.48. The van der Waals surface area contributed by atoms with Gasteiger partial charge in [0.2, 0.25) is 5.95 Å². The number of anilines is 1. The van der Waals surface area contributed by atoms with E-state index in [0.29, 0.717) is 17.8 Å². The van der Waals surface area contributed by atoms with Crippen LogP contribution in [-0.4, -0.2) is 21.5 Å². The average molecular weight is 216 g/mol. The lowest BCUT2D eigenvalue weighted by Gasteiger charge is -2.21. The van der Waals surface area contributed by atoms with Gasteiger partial charge in [-0.15, -0.1) is 11.6 Å². The summed E-state index contributed by atoms with van der Waals surface area (Å²) in [7, 11) is 1.98. The molecular formula is C10H18ClN3. The van der Waals surface area contributed by atoms with Gasteiger partial charge in [0, 0.05) is 31.4 Å². The Hall–Kier alpha value is -0.700. The van der Waals surface area contributed by atoms with Gasteiger partial charge in [0.05, 0.1) is 0 Å². The van der Waals surface area contributed by atoms with Crippen LogP contribution in [0, 0.1) is 5.92 Å². The smallest absolute Gasteiger partial charge is 0.202 e. The Kier molecular flexibility index (Phi) is 4.26. The largest absolute Gasteiger partial charge is 0.353 e. The Morgan fingerprint density at radius 3 is 2.71 bits per heavy atom. The normalized spacial score (nSPS) is 13.2. The van der Waals surface area contributed by atoms with E-state index in [1.807, 2.05) is 17.8 Å². The van der Waals surface area contributed by atoms with Crippen LogP contribution in [-0.2, 0) is 7.05 Å². The molecule has 0 aliphatic rings. The highest BCUT2D eigenvalue weighted by Gasteiger charge is 2.13. The molecule has 1 heterocycles. The van der Waals surface area contributed by atoms with Crippen molar-refractivity contribution in [3.63, 3.8) is 0 Å². The summed E-state index contributed by atoms with van der Waals surface area (Å²) in [5, 5.41) is 3.40. The highest BCUT2D eigenvalue weighted by Crippen LogP contribution is 2.13. The lowest BCUT2D eigenvalue weighted by atomic mass is 10.0. The van der Waals surface area contributed by atoms with Crippen molar-refractivity contribution in [2.45, 2.75) is 26.3 Å². The van der Waals surface area contributed by atoms with Crippen molar-refractivity contribution in [3.05, 3.63) is 12.4 Å². The number of alkyl halides is 1. The third-order valence-electron chi connectivity index (χ3n) is 2.36. The molecule has 3 nitrogen and oxygen atoms in total. The zero-order valence-electron chi connectivity index (χ0n) is 9.00. The summed E-state index contributed by atoms with van der Waals surface area (Å²) in [6.07, 6.45) is 4.69. The van der Waals surface area contributed by atoms with Crippen molar-refractivity contribution in [3.8, 4) is 0 Å². The molecule has 0 aromatic carbocycles. The summed E-state index contributed by atoms with van der Waals surface area (Å²) in [5.74, 6) is 2.15. The number of hydrogen-bond acceptors (Lipinski definition) is 2. The van der Waals surface area contributed by atoms with Crippen molar-refractivity contribution in [1.29, 1.82) is 0 Å². The van der Waals surface area contributed by atoms with Gasteiger partial charge in [0.15, 0.2) is 0 Å². The van der Waals surface area contributed by atoms with Crippen LogP contribution in [0.5, 0.6) is 0 Å². The van der Waals surface area contributed by atoms with E-state index in [0.717, 1.165) is 12.4 Å². The van der Waals surface area contributed by atoms with Crippen LogP contribution in [0.15, 0.2) is 12.4 Å². The van der Waals surface area contributed by atoms with Crippen molar-refractivity contribution in [1.82, 2.24) is 9.55 Å². The minimum absolute atomic E-state index is 0.397. The van der Waals surface area contributed by atoms with Gasteiger partial charge in [-0.3, -0.25) is 0 Å². The monoisotopic (exact) mass is 215 g/mol. The van der Waals surface area contributed by atoms with Crippen LogP contribution in [0.25, 0.3) is 0 Å². The zero-order valence-corrected chi connectivity index (χ0v) is 9.75. The van der Waals surface area contributed by atoms with E-state index < -0.39 is 0 Å². The molecular weight excluding hydrogens is 198 g/mol. The average Bonchev–Trinajstić information content (AvgIpc) is 2.51. The third-order valence-corrected chi connectivity index (χ3v) is 2.58. The Morgan fingerprint density at radius 2 is 2.29 bits per heavy atom. The summed E-state index contributed by atoms with van der Waals surface area (Å²) in [6, 6.07) is 0.397. The van der Waals surface area contributed by atoms with E-state index in [2.05, 4.69) is 24.1 Å². The molecule has 1 atom stereocenters. The topological polar surface area (TPSA) is 29.9 Å². The molecule has 0 spiro atoms. The van der Waals surface area contributed by atoms with Crippen LogP contribution >= 0.6 is 11.6 Å². The number of halogens is 1. The van der Waals surface area contributed by atoms with Crippen molar-refractivity contribution < 1.29 is 0 Å². The predicted molar refractivity (Wildman–Crippen MR) is 60.8 cm³/mol. The number of nitrogens with zero attached hydrogens (tertiary/aromatic N) is 2. The van der Waals surface area contributed by atoms with Crippen LogP contribution in [0.3, 0.4) is 0 Å². The molecule has 1 N–H and O–H groups in total. The van der Waals surface area contributed by atoms with Gasteiger partial charge < -0.3 is 9.88 Å². The van der Waals surface area contributed by atoms with E-state index in [9.17, 15) is 0 Å². The van der Waals surface area contributed by atoms with Crippen LogP contribution in [0.1, 0.15) is 20.3 Å². The first kappa shape index (κ1) is 11.4. The Bertz CT molecular complexity index is 270. The molecule has 0 amide bonds. The fourth-order valence-corrected chi connectivity index (χ4v) is 1.60. The van der Waals surface area contributed by atoms with Crippen LogP contribution in [0.4, 0.5) is 5.95 Å². The quantitative estimate of drug-likeness (QED) is 0.765. The molecule has 80 valence electrons. The van der Waals surface area contributed by atoms with Crippen molar-refractivity contribution >= 4 is 17.5 Å². The fourth-order valence-electron chi connectivity index (χ4n) is 1.36. The lowest BCUT2D eigenvalue weighted by Crippen LogP contribution is -2.27. The van der Waals surface area contributed by atoms with E-state index >= 15 is 0 Å². The van der Waals surface area contributed by atoms with Gasteiger partial charge in [0.25, 0.3) is 0 Å². The summed E-state index contributed by atoms with van der Waals surface area (Å²) in [5.41, 5.74) is 0. The van der Waals surface area contributed by atoms with Crippen molar-refractivity contribution in [2.24, 2.45) is 13.0 Å². The second-order valence-electron chi connectivity index (χ2n) is 3.83. The molecule has 0 saturated heterocycles. The molecule has 1 unspecified atom stereocenters. The molecule has 4 heteroatoms. The molecule has 1 rings (SSSR count). The second-order valence-corrected chi connectivity index (χ2v) is 4.21. The van der Waals surface area contributed by atoms with Gasteiger partial charge >= 0.3 is 0 Å². The standard InChI is InChI=1S/C10H18ClN3/c1-8(2)9(4-5-11)13-10-12-6-7-14(10)3/h6-9H,4-5H2,1-3H3,(H,12,13). The molecule has 0 radical (unpaired) electrons.